The summed E-state index contributed by atoms with van der Waals surface area (Å²) < 4.78 is 1.79. The van der Waals surface area contributed by atoms with Crippen LogP contribution in [0.3, 0.4) is 0 Å². The van der Waals surface area contributed by atoms with E-state index in [0.717, 1.165) is 42.1 Å². The zero-order chi connectivity index (χ0) is 14.1. The summed E-state index contributed by atoms with van der Waals surface area (Å²) in [5.41, 5.74) is 0. The Bertz CT molecular complexity index is 614. The van der Waals surface area contributed by atoms with Gasteiger partial charge in [0.25, 0.3) is 0 Å². The van der Waals surface area contributed by atoms with Gasteiger partial charge in [0.2, 0.25) is 0 Å². The first-order chi connectivity index (χ1) is 9.67. The standard InChI is InChI=1S/C14H20N6/c1-4-7-15-12-8-13(18-14(17-12)11-5-6-11)20-10(3)16-9(2)19-20/h8,11H,4-7H2,1-3H3,(H,15,17,18). The molecular weight excluding hydrogens is 252 g/mol. The summed E-state index contributed by atoms with van der Waals surface area (Å²) >= 11 is 0. The quantitative estimate of drug-likeness (QED) is 0.905. The van der Waals surface area contributed by atoms with Gasteiger partial charge >= 0.3 is 0 Å². The number of hydrogen-bond donors (Lipinski definition) is 1. The molecule has 1 N–H and O–H groups in total. The number of nitrogens with one attached hydrogen (secondary N) is 1. The molecule has 20 heavy (non-hydrogen) atoms. The molecule has 1 aliphatic rings. The summed E-state index contributed by atoms with van der Waals surface area (Å²) in [6, 6.07) is 1.95. The van der Waals surface area contributed by atoms with Crippen molar-refractivity contribution in [2.45, 2.75) is 46.0 Å². The van der Waals surface area contributed by atoms with Crippen molar-refractivity contribution in [1.29, 1.82) is 0 Å². The molecule has 0 aliphatic heterocycles. The van der Waals surface area contributed by atoms with Crippen molar-refractivity contribution < 1.29 is 0 Å². The monoisotopic (exact) mass is 272 g/mol. The predicted octanol–water partition coefficient (Wildman–Crippen LogP) is 2.37. The second kappa shape index (κ2) is 5.19. The van der Waals surface area contributed by atoms with Crippen LogP contribution in [0.1, 0.15) is 49.6 Å². The Kier molecular flexibility index (Phi) is 3.38. The van der Waals surface area contributed by atoms with E-state index < -0.39 is 0 Å². The third-order valence-electron chi connectivity index (χ3n) is 3.32. The lowest BCUT2D eigenvalue weighted by atomic mass is 10.3. The zero-order valence-corrected chi connectivity index (χ0v) is 12.2. The van der Waals surface area contributed by atoms with Crippen LogP contribution in [0.15, 0.2) is 6.07 Å². The Morgan fingerprint density at radius 1 is 1.25 bits per heavy atom. The molecule has 0 radical (unpaired) electrons. The maximum Gasteiger partial charge on any atom is 0.161 e. The van der Waals surface area contributed by atoms with Crippen molar-refractivity contribution in [1.82, 2.24) is 24.7 Å². The van der Waals surface area contributed by atoms with Crippen LogP contribution >= 0.6 is 0 Å². The van der Waals surface area contributed by atoms with Crippen LogP contribution in [0, 0.1) is 13.8 Å². The molecule has 0 amide bonds. The summed E-state index contributed by atoms with van der Waals surface area (Å²) in [7, 11) is 0. The van der Waals surface area contributed by atoms with Gasteiger partial charge in [0.1, 0.15) is 23.3 Å². The molecule has 2 heterocycles. The van der Waals surface area contributed by atoms with Crippen LogP contribution in [0.25, 0.3) is 5.82 Å². The van der Waals surface area contributed by atoms with Gasteiger partial charge in [-0.3, -0.25) is 0 Å². The number of aryl methyl sites for hydroxylation is 2. The van der Waals surface area contributed by atoms with E-state index in [1.165, 1.54) is 12.8 Å². The van der Waals surface area contributed by atoms with Crippen molar-refractivity contribution in [3.05, 3.63) is 23.5 Å². The minimum absolute atomic E-state index is 0.516. The van der Waals surface area contributed by atoms with E-state index in [9.17, 15) is 0 Å². The molecule has 2 aromatic heterocycles. The topological polar surface area (TPSA) is 68.5 Å². The second-order valence-electron chi connectivity index (χ2n) is 5.29. The van der Waals surface area contributed by atoms with E-state index in [4.69, 9.17) is 0 Å². The van der Waals surface area contributed by atoms with E-state index in [2.05, 4.69) is 32.3 Å². The summed E-state index contributed by atoms with van der Waals surface area (Å²) in [4.78, 5) is 13.6. The molecule has 2 aromatic rings. The van der Waals surface area contributed by atoms with Crippen molar-refractivity contribution in [3.8, 4) is 5.82 Å². The van der Waals surface area contributed by atoms with E-state index in [-0.39, 0.29) is 0 Å². The molecule has 0 aromatic carbocycles. The van der Waals surface area contributed by atoms with Gasteiger partial charge < -0.3 is 5.32 Å². The highest BCUT2D eigenvalue weighted by Crippen LogP contribution is 2.38. The van der Waals surface area contributed by atoms with E-state index in [1.807, 2.05) is 19.9 Å². The van der Waals surface area contributed by atoms with Gasteiger partial charge in [-0.05, 0) is 33.1 Å². The highest BCUT2D eigenvalue weighted by atomic mass is 15.4. The Balaban J connectivity index is 2.00. The number of hydrogen-bond acceptors (Lipinski definition) is 5. The summed E-state index contributed by atoms with van der Waals surface area (Å²) in [5, 5.41) is 7.75. The molecule has 0 bridgehead atoms. The molecule has 0 atom stereocenters. The fourth-order valence-corrected chi connectivity index (χ4v) is 2.17. The molecule has 1 fully saturated rings. The lowest BCUT2D eigenvalue weighted by Gasteiger charge is -2.09. The van der Waals surface area contributed by atoms with E-state index in [1.54, 1.807) is 4.68 Å². The van der Waals surface area contributed by atoms with Crippen LogP contribution in [-0.4, -0.2) is 31.3 Å². The van der Waals surface area contributed by atoms with Gasteiger partial charge in [0, 0.05) is 18.5 Å². The van der Waals surface area contributed by atoms with Crippen molar-refractivity contribution in [2.24, 2.45) is 0 Å². The average molecular weight is 272 g/mol. The first kappa shape index (κ1) is 13.0. The maximum absolute atomic E-state index is 4.66. The van der Waals surface area contributed by atoms with Crippen LogP contribution in [0.5, 0.6) is 0 Å². The Hall–Kier alpha value is -1.98. The van der Waals surface area contributed by atoms with Gasteiger partial charge in [0.05, 0.1) is 0 Å². The van der Waals surface area contributed by atoms with Crippen molar-refractivity contribution >= 4 is 5.82 Å². The predicted molar refractivity (Wildman–Crippen MR) is 77.2 cm³/mol. The van der Waals surface area contributed by atoms with Gasteiger partial charge in [-0.15, -0.1) is 5.10 Å². The van der Waals surface area contributed by atoms with Crippen molar-refractivity contribution in [3.63, 3.8) is 0 Å². The van der Waals surface area contributed by atoms with E-state index >= 15 is 0 Å². The van der Waals surface area contributed by atoms with Crippen LogP contribution < -0.4 is 5.32 Å². The van der Waals surface area contributed by atoms with Gasteiger partial charge in [0.15, 0.2) is 5.82 Å². The lowest BCUT2D eigenvalue weighted by molar-refractivity contribution is 0.778. The molecule has 1 saturated carbocycles. The van der Waals surface area contributed by atoms with Crippen molar-refractivity contribution in [2.75, 3.05) is 11.9 Å². The smallest absolute Gasteiger partial charge is 0.161 e. The highest BCUT2D eigenvalue weighted by molar-refractivity contribution is 5.42. The Morgan fingerprint density at radius 2 is 2.05 bits per heavy atom. The first-order valence-electron chi connectivity index (χ1n) is 7.21. The number of anilines is 1. The Labute approximate surface area is 118 Å². The zero-order valence-electron chi connectivity index (χ0n) is 12.2. The number of aromatic nitrogens is 5. The average Bonchev–Trinajstić information content (AvgIpc) is 3.22. The molecular formula is C14H20N6. The third-order valence-corrected chi connectivity index (χ3v) is 3.32. The van der Waals surface area contributed by atoms with Gasteiger partial charge in [-0.2, -0.15) is 4.68 Å². The molecule has 0 spiro atoms. The molecule has 1 aliphatic carbocycles. The number of rotatable bonds is 5. The lowest BCUT2D eigenvalue weighted by Crippen LogP contribution is -2.10. The fraction of sp³-hybridized carbons (Fsp3) is 0.571. The van der Waals surface area contributed by atoms with Gasteiger partial charge in [-0.25, -0.2) is 15.0 Å². The van der Waals surface area contributed by atoms with Crippen LogP contribution in [-0.2, 0) is 0 Å². The number of nitrogens with zero attached hydrogens (tertiary/aromatic N) is 5. The summed E-state index contributed by atoms with van der Waals surface area (Å²) in [5.74, 6) is 4.74. The fourth-order valence-electron chi connectivity index (χ4n) is 2.17. The van der Waals surface area contributed by atoms with Gasteiger partial charge in [-0.1, -0.05) is 6.92 Å². The minimum atomic E-state index is 0.516. The molecule has 3 rings (SSSR count). The van der Waals surface area contributed by atoms with Crippen LogP contribution in [0.2, 0.25) is 0 Å². The molecule has 6 nitrogen and oxygen atoms in total. The normalized spacial score (nSPS) is 14.6. The first-order valence-corrected chi connectivity index (χ1v) is 7.21. The maximum atomic E-state index is 4.66. The summed E-state index contributed by atoms with van der Waals surface area (Å²) in [6.45, 7) is 6.89. The largest absolute Gasteiger partial charge is 0.370 e. The molecule has 0 unspecified atom stereocenters. The third kappa shape index (κ3) is 2.64. The molecule has 6 heteroatoms. The SMILES string of the molecule is CCCNc1cc(-n2nc(C)nc2C)nc(C2CC2)n1. The highest BCUT2D eigenvalue weighted by Gasteiger charge is 2.27. The second-order valence-corrected chi connectivity index (χ2v) is 5.29. The minimum Gasteiger partial charge on any atom is -0.370 e. The summed E-state index contributed by atoms with van der Waals surface area (Å²) in [6.07, 6.45) is 3.44. The molecule has 0 saturated heterocycles. The molecule has 106 valence electrons. The Morgan fingerprint density at radius 3 is 2.65 bits per heavy atom. The van der Waals surface area contributed by atoms with E-state index in [0.29, 0.717) is 5.92 Å². The van der Waals surface area contributed by atoms with Crippen LogP contribution in [0.4, 0.5) is 5.82 Å².